The van der Waals surface area contributed by atoms with Crippen LogP contribution in [0.15, 0.2) is 59.8 Å². The minimum atomic E-state index is -0.559. The maximum absolute atomic E-state index is 12.8. The molecule has 0 aliphatic carbocycles. The van der Waals surface area contributed by atoms with Crippen LogP contribution in [0.3, 0.4) is 0 Å². The van der Waals surface area contributed by atoms with Gasteiger partial charge in [0, 0.05) is 38.4 Å². The summed E-state index contributed by atoms with van der Waals surface area (Å²) >= 11 is 6.36. The van der Waals surface area contributed by atoms with Crippen molar-refractivity contribution in [2.45, 2.75) is 19.4 Å². The minimum Gasteiger partial charge on any atom is -0.466 e. The number of benzene rings is 2. The number of ether oxygens (including phenoxy) is 1. The van der Waals surface area contributed by atoms with E-state index in [1.807, 2.05) is 48.5 Å². The Hall–Kier alpha value is -3.03. The number of nitrogens with one attached hydrogen (secondary N) is 2. The largest absolute Gasteiger partial charge is 0.466 e. The van der Waals surface area contributed by atoms with Crippen LogP contribution in [0.4, 0.5) is 10.5 Å². The normalized spacial score (nSPS) is 19.2. The summed E-state index contributed by atoms with van der Waals surface area (Å²) in [6.45, 7) is 5.71. The van der Waals surface area contributed by atoms with Gasteiger partial charge in [-0.25, -0.2) is 9.59 Å². The third-order valence-electron chi connectivity index (χ3n) is 6.23. The summed E-state index contributed by atoms with van der Waals surface area (Å²) in [5.41, 5.74) is 4.10. The van der Waals surface area contributed by atoms with E-state index in [1.165, 1.54) is 12.7 Å². The third-order valence-corrected chi connectivity index (χ3v) is 6.55. The number of piperazine rings is 1. The molecule has 0 bridgehead atoms. The first kappa shape index (κ1) is 23.1. The lowest BCUT2D eigenvalue weighted by Crippen LogP contribution is -2.51. The molecule has 2 heterocycles. The van der Waals surface area contributed by atoms with E-state index in [0.717, 1.165) is 48.9 Å². The number of halogens is 1. The number of esters is 1. The highest BCUT2D eigenvalue weighted by molar-refractivity contribution is 6.33. The number of urea groups is 1. The molecular formula is C25H29ClN4O3. The second-order valence-corrected chi connectivity index (χ2v) is 8.63. The van der Waals surface area contributed by atoms with E-state index < -0.39 is 12.0 Å². The molecule has 0 spiro atoms. The van der Waals surface area contributed by atoms with E-state index in [1.54, 1.807) is 0 Å². The predicted molar refractivity (Wildman–Crippen MR) is 129 cm³/mol. The zero-order valence-corrected chi connectivity index (χ0v) is 19.7. The maximum Gasteiger partial charge on any atom is 0.338 e. The highest BCUT2D eigenvalue weighted by atomic mass is 35.5. The molecule has 1 atom stereocenters. The molecule has 1 fully saturated rings. The lowest BCUT2D eigenvalue weighted by atomic mass is 9.94. The van der Waals surface area contributed by atoms with Crippen LogP contribution in [0.1, 0.15) is 24.1 Å². The number of carbonyl (C=O) groups is 2. The van der Waals surface area contributed by atoms with Gasteiger partial charge in [-0.2, -0.15) is 0 Å². The van der Waals surface area contributed by atoms with Crippen molar-refractivity contribution in [2.24, 2.45) is 0 Å². The SMILES string of the molecule is CCc1ccc([C@H]2NC(=O)NC(CN3CCN(c4ccccc4Cl)CC3)=C2C(=O)OC)cc1. The van der Waals surface area contributed by atoms with Gasteiger partial charge in [0.25, 0.3) is 0 Å². The summed E-state index contributed by atoms with van der Waals surface area (Å²) in [6, 6.07) is 14.9. The summed E-state index contributed by atoms with van der Waals surface area (Å²) in [4.78, 5) is 29.8. The van der Waals surface area contributed by atoms with E-state index in [-0.39, 0.29) is 6.03 Å². The van der Waals surface area contributed by atoms with Crippen molar-refractivity contribution in [3.8, 4) is 0 Å². The van der Waals surface area contributed by atoms with Gasteiger partial charge >= 0.3 is 12.0 Å². The molecule has 8 heteroatoms. The molecule has 2 aliphatic rings. The van der Waals surface area contributed by atoms with E-state index >= 15 is 0 Å². The maximum atomic E-state index is 12.8. The molecule has 0 aromatic heterocycles. The molecule has 2 amide bonds. The predicted octanol–water partition coefficient (Wildman–Crippen LogP) is 3.51. The average Bonchev–Trinajstić information content (AvgIpc) is 2.84. The van der Waals surface area contributed by atoms with Crippen molar-refractivity contribution in [3.63, 3.8) is 0 Å². The topological polar surface area (TPSA) is 73.9 Å². The Kier molecular flexibility index (Phi) is 7.20. The number of carbonyl (C=O) groups excluding carboxylic acids is 2. The fraction of sp³-hybridized carbons (Fsp3) is 0.360. The summed E-state index contributed by atoms with van der Waals surface area (Å²) < 4.78 is 5.10. The number of methoxy groups -OCH3 is 1. The van der Waals surface area contributed by atoms with Crippen molar-refractivity contribution >= 4 is 29.3 Å². The van der Waals surface area contributed by atoms with Crippen molar-refractivity contribution in [1.29, 1.82) is 0 Å². The molecule has 0 radical (unpaired) electrons. The quantitative estimate of drug-likeness (QED) is 0.635. The number of amides is 2. The Morgan fingerprint density at radius 1 is 1.09 bits per heavy atom. The van der Waals surface area contributed by atoms with Gasteiger partial charge in [0.15, 0.2) is 0 Å². The number of para-hydroxylation sites is 1. The summed E-state index contributed by atoms with van der Waals surface area (Å²) in [6.07, 6.45) is 0.921. The van der Waals surface area contributed by atoms with Crippen molar-refractivity contribution < 1.29 is 14.3 Å². The molecule has 33 heavy (non-hydrogen) atoms. The number of hydrogen-bond acceptors (Lipinski definition) is 5. The zero-order chi connectivity index (χ0) is 23.4. The zero-order valence-electron chi connectivity index (χ0n) is 18.9. The van der Waals surface area contributed by atoms with E-state index in [2.05, 4.69) is 27.4 Å². The van der Waals surface area contributed by atoms with E-state index in [4.69, 9.17) is 16.3 Å². The Balaban J connectivity index is 1.54. The van der Waals surface area contributed by atoms with Crippen LogP contribution in [-0.4, -0.2) is 56.7 Å². The first-order valence-corrected chi connectivity index (χ1v) is 11.6. The average molecular weight is 469 g/mol. The summed E-state index contributed by atoms with van der Waals surface area (Å²) in [7, 11) is 1.36. The Morgan fingerprint density at radius 2 is 1.79 bits per heavy atom. The molecule has 7 nitrogen and oxygen atoms in total. The van der Waals surface area contributed by atoms with Crippen LogP contribution in [0.5, 0.6) is 0 Å². The highest BCUT2D eigenvalue weighted by Gasteiger charge is 2.34. The molecule has 2 aliphatic heterocycles. The van der Waals surface area contributed by atoms with E-state index in [9.17, 15) is 9.59 Å². The fourth-order valence-electron chi connectivity index (χ4n) is 4.37. The third kappa shape index (κ3) is 5.15. The van der Waals surface area contributed by atoms with Gasteiger partial charge in [-0.15, -0.1) is 0 Å². The molecule has 0 saturated carbocycles. The van der Waals surface area contributed by atoms with Crippen LogP contribution in [-0.2, 0) is 16.0 Å². The molecule has 0 unspecified atom stereocenters. The van der Waals surface area contributed by atoms with Crippen LogP contribution in [0, 0.1) is 0 Å². The monoisotopic (exact) mass is 468 g/mol. The van der Waals surface area contributed by atoms with Crippen molar-refractivity contribution in [1.82, 2.24) is 15.5 Å². The molecule has 1 saturated heterocycles. The minimum absolute atomic E-state index is 0.322. The van der Waals surface area contributed by atoms with Crippen LogP contribution in [0.25, 0.3) is 0 Å². The molecular weight excluding hydrogens is 440 g/mol. The second kappa shape index (κ2) is 10.3. The smallest absolute Gasteiger partial charge is 0.338 e. The van der Waals surface area contributed by atoms with Crippen LogP contribution in [0.2, 0.25) is 5.02 Å². The highest BCUT2D eigenvalue weighted by Crippen LogP contribution is 2.29. The first-order chi connectivity index (χ1) is 16.0. The van der Waals surface area contributed by atoms with Gasteiger partial charge in [-0.05, 0) is 29.7 Å². The second-order valence-electron chi connectivity index (χ2n) is 8.23. The molecule has 2 aromatic carbocycles. The van der Waals surface area contributed by atoms with Gasteiger partial charge in [0.05, 0.1) is 29.4 Å². The van der Waals surface area contributed by atoms with Crippen LogP contribution >= 0.6 is 11.6 Å². The van der Waals surface area contributed by atoms with Crippen molar-refractivity contribution in [2.75, 3.05) is 44.7 Å². The molecule has 174 valence electrons. The fourth-order valence-corrected chi connectivity index (χ4v) is 4.62. The van der Waals surface area contributed by atoms with Crippen molar-refractivity contribution in [3.05, 3.63) is 76.0 Å². The summed E-state index contributed by atoms with van der Waals surface area (Å²) in [5, 5.41) is 6.48. The lowest BCUT2D eigenvalue weighted by Gasteiger charge is -2.38. The molecule has 2 aromatic rings. The number of hydrogen-bond donors (Lipinski definition) is 2. The van der Waals surface area contributed by atoms with E-state index in [0.29, 0.717) is 17.8 Å². The first-order valence-electron chi connectivity index (χ1n) is 11.2. The summed E-state index contributed by atoms with van der Waals surface area (Å²) in [5.74, 6) is -0.447. The lowest BCUT2D eigenvalue weighted by molar-refractivity contribution is -0.136. The van der Waals surface area contributed by atoms with Gasteiger partial charge in [0.2, 0.25) is 0 Å². The Morgan fingerprint density at radius 3 is 2.42 bits per heavy atom. The number of nitrogens with zero attached hydrogens (tertiary/aromatic N) is 2. The van der Waals surface area contributed by atoms with Gasteiger partial charge in [0.1, 0.15) is 0 Å². The molecule has 4 rings (SSSR count). The van der Waals surface area contributed by atoms with Gasteiger partial charge < -0.3 is 20.3 Å². The Labute approximate surface area is 199 Å². The number of aryl methyl sites for hydroxylation is 1. The standard InChI is InChI=1S/C25H29ClN4O3/c1-3-17-8-10-18(11-9-17)23-22(24(31)33-2)20(27-25(32)28-23)16-29-12-14-30(15-13-29)21-7-5-4-6-19(21)26/h4-11,23H,3,12-16H2,1-2H3,(H2,27,28,32)/t23-/m1/s1. The molecule has 2 N–H and O–H groups in total. The Bertz CT molecular complexity index is 1050. The number of rotatable bonds is 6. The van der Waals surface area contributed by atoms with Crippen LogP contribution < -0.4 is 15.5 Å². The van der Waals surface area contributed by atoms with Gasteiger partial charge in [-0.1, -0.05) is 54.9 Å². The van der Waals surface area contributed by atoms with Gasteiger partial charge in [-0.3, -0.25) is 4.90 Å². The number of anilines is 1.